The van der Waals surface area contributed by atoms with Crippen LogP contribution in [-0.4, -0.2) is 49.5 Å². The van der Waals surface area contributed by atoms with Crippen molar-refractivity contribution in [2.24, 2.45) is 0 Å². The lowest BCUT2D eigenvalue weighted by molar-refractivity contribution is -0.140. The van der Waals surface area contributed by atoms with Crippen LogP contribution in [0.25, 0.3) is 0 Å². The van der Waals surface area contributed by atoms with Crippen LogP contribution in [0.15, 0.2) is 83.3 Å². The predicted molar refractivity (Wildman–Crippen MR) is 160 cm³/mol. The summed E-state index contributed by atoms with van der Waals surface area (Å²) in [7, 11) is -3.82. The summed E-state index contributed by atoms with van der Waals surface area (Å²) < 4.78 is 27.4. The minimum Gasteiger partial charge on any atom is -0.350 e. The Labute approximate surface area is 244 Å². The molecule has 0 aromatic heterocycles. The number of nitrogens with one attached hydrogen (secondary N) is 1. The molecule has 1 atom stereocenters. The van der Waals surface area contributed by atoms with Crippen molar-refractivity contribution in [3.8, 4) is 0 Å². The average Bonchev–Trinajstić information content (AvgIpc) is 2.84. The van der Waals surface area contributed by atoms with Gasteiger partial charge in [-0.3, -0.25) is 13.9 Å². The van der Waals surface area contributed by atoms with E-state index in [4.69, 9.17) is 11.6 Å². The second-order valence-electron chi connectivity index (χ2n) is 10.3. The molecular weight excluding hydrogens is 602 g/mol. The Balaban J connectivity index is 2.07. The van der Waals surface area contributed by atoms with Gasteiger partial charge in [-0.05, 0) is 68.3 Å². The van der Waals surface area contributed by atoms with Gasteiger partial charge in [-0.25, -0.2) is 8.42 Å². The molecule has 0 heterocycles. The topological polar surface area (TPSA) is 86.8 Å². The molecule has 0 aliphatic rings. The van der Waals surface area contributed by atoms with Gasteiger partial charge in [0.05, 0.1) is 11.9 Å². The maximum atomic E-state index is 14.0. The summed E-state index contributed by atoms with van der Waals surface area (Å²) in [4.78, 5) is 29.2. The number of nitrogens with zero attached hydrogens (tertiary/aromatic N) is 2. The Morgan fingerprint density at radius 1 is 0.949 bits per heavy atom. The number of halogens is 2. The van der Waals surface area contributed by atoms with Gasteiger partial charge in [0, 0.05) is 28.0 Å². The number of hydrogen-bond donors (Lipinski definition) is 1. The van der Waals surface area contributed by atoms with Crippen molar-refractivity contribution in [3.63, 3.8) is 0 Å². The molecule has 0 saturated heterocycles. The minimum atomic E-state index is -3.82. The summed E-state index contributed by atoms with van der Waals surface area (Å²) in [5, 5.41) is 3.49. The molecule has 0 aliphatic heterocycles. The number of sulfonamides is 1. The quantitative estimate of drug-likeness (QED) is 0.323. The Kier molecular flexibility index (Phi) is 10.2. The van der Waals surface area contributed by atoms with Crippen LogP contribution in [0.2, 0.25) is 5.02 Å². The van der Waals surface area contributed by atoms with Gasteiger partial charge in [0.1, 0.15) is 12.6 Å². The summed E-state index contributed by atoms with van der Waals surface area (Å²) in [6.45, 7) is 5.19. The van der Waals surface area contributed by atoms with Gasteiger partial charge < -0.3 is 10.2 Å². The van der Waals surface area contributed by atoms with E-state index in [0.717, 1.165) is 20.6 Å². The zero-order valence-electron chi connectivity index (χ0n) is 22.4. The number of rotatable bonds is 10. The lowest BCUT2D eigenvalue weighted by Gasteiger charge is -2.35. The number of carbonyl (C=O) groups excluding carboxylic acids is 2. The third-order valence-electron chi connectivity index (χ3n) is 5.81. The van der Waals surface area contributed by atoms with Gasteiger partial charge in [-0.2, -0.15) is 0 Å². The fourth-order valence-corrected chi connectivity index (χ4v) is 5.39. The summed E-state index contributed by atoms with van der Waals surface area (Å²) in [6.07, 6.45) is 1.30. The van der Waals surface area contributed by atoms with Crippen molar-refractivity contribution in [3.05, 3.63) is 99.5 Å². The van der Waals surface area contributed by atoms with Crippen LogP contribution < -0.4 is 9.62 Å². The number of amides is 2. The summed E-state index contributed by atoms with van der Waals surface area (Å²) in [6, 6.07) is 22.2. The first-order chi connectivity index (χ1) is 18.2. The molecule has 10 heteroatoms. The van der Waals surface area contributed by atoms with Gasteiger partial charge in [0.25, 0.3) is 0 Å². The Hall–Kier alpha value is -2.88. The van der Waals surface area contributed by atoms with Crippen LogP contribution in [0.3, 0.4) is 0 Å². The largest absolute Gasteiger partial charge is 0.350 e. The van der Waals surface area contributed by atoms with E-state index in [1.54, 1.807) is 42.5 Å². The van der Waals surface area contributed by atoms with Crippen molar-refractivity contribution < 1.29 is 18.0 Å². The smallest absolute Gasteiger partial charge is 0.244 e. The van der Waals surface area contributed by atoms with Gasteiger partial charge in [0.2, 0.25) is 21.8 Å². The van der Waals surface area contributed by atoms with Crippen LogP contribution in [0.5, 0.6) is 0 Å². The molecule has 0 spiro atoms. The first-order valence-corrected chi connectivity index (χ1v) is 15.4. The second kappa shape index (κ2) is 13.0. The Morgan fingerprint density at radius 2 is 1.56 bits per heavy atom. The minimum absolute atomic E-state index is 0.0619. The standard InChI is InChI=1S/C29H33BrClN3O4S/c1-29(2,3)32-28(36)26(18-21-9-6-5-7-10-21)33(19-22-11-8-12-24(31)17-22)27(35)20-34(39(4,37)38)25-15-13-23(30)14-16-25/h5-17,26H,18-20H2,1-4H3,(H,32,36)/t26-/m1/s1. The maximum absolute atomic E-state index is 14.0. The van der Waals surface area contributed by atoms with Crippen molar-refractivity contribution >= 4 is 55.1 Å². The van der Waals surface area contributed by atoms with E-state index in [-0.39, 0.29) is 18.9 Å². The van der Waals surface area contributed by atoms with Gasteiger partial charge in [0.15, 0.2) is 0 Å². The van der Waals surface area contributed by atoms with Crippen molar-refractivity contribution in [2.75, 3.05) is 17.1 Å². The molecule has 3 aromatic rings. The molecule has 3 rings (SSSR count). The third kappa shape index (κ3) is 9.37. The van der Waals surface area contributed by atoms with E-state index in [0.29, 0.717) is 16.3 Å². The first kappa shape index (κ1) is 30.7. The van der Waals surface area contributed by atoms with Crippen LogP contribution in [0.4, 0.5) is 5.69 Å². The van der Waals surface area contributed by atoms with E-state index >= 15 is 0 Å². The average molecular weight is 635 g/mol. The monoisotopic (exact) mass is 633 g/mol. The lowest BCUT2D eigenvalue weighted by atomic mass is 10.0. The lowest BCUT2D eigenvalue weighted by Crippen LogP contribution is -2.56. The van der Waals surface area contributed by atoms with E-state index in [2.05, 4.69) is 21.2 Å². The number of anilines is 1. The van der Waals surface area contributed by atoms with Crippen LogP contribution >= 0.6 is 27.5 Å². The summed E-state index contributed by atoms with van der Waals surface area (Å²) in [5.74, 6) is -0.857. The molecule has 3 aromatic carbocycles. The molecule has 208 valence electrons. The molecule has 0 unspecified atom stereocenters. The van der Waals surface area contributed by atoms with E-state index in [1.165, 1.54) is 4.90 Å². The number of carbonyl (C=O) groups is 2. The molecule has 1 N–H and O–H groups in total. The van der Waals surface area contributed by atoms with Crippen molar-refractivity contribution in [1.82, 2.24) is 10.2 Å². The fraction of sp³-hybridized carbons (Fsp3) is 0.310. The highest BCUT2D eigenvalue weighted by Gasteiger charge is 2.34. The highest BCUT2D eigenvalue weighted by Crippen LogP contribution is 2.23. The predicted octanol–water partition coefficient (Wildman–Crippen LogP) is 5.42. The molecule has 0 radical (unpaired) electrons. The maximum Gasteiger partial charge on any atom is 0.244 e. The number of hydrogen-bond acceptors (Lipinski definition) is 4. The van der Waals surface area contributed by atoms with Gasteiger partial charge in [-0.15, -0.1) is 0 Å². The van der Waals surface area contributed by atoms with Crippen LogP contribution in [-0.2, 0) is 32.6 Å². The van der Waals surface area contributed by atoms with Crippen molar-refractivity contribution in [1.29, 1.82) is 0 Å². The summed E-state index contributed by atoms with van der Waals surface area (Å²) >= 11 is 9.58. The fourth-order valence-electron chi connectivity index (χ4n) is 4.06. The highest BCUT2D eigenvalue weighted by molar-refractivity contribution is 9.10. The van der Waals surface area contributed by atoms with Gasteiger partial charge >= 0.3 is 0 Å². The number of benzene rings is 3. The van der Waals surface area contributed by atoms with Crippen LogP contribution in [0.1, 0.15) is 31.9 Å². The molecule has 7 nitrogen and oxygen atoms in total. The summed E-state index contributed by atoms with van der Waals surface area (Å²) in [5.41, 5.74) is 1.37. The van der Waals surface area contributed by atoms with Crippen molar-refractivity contribution in [2.45, 2.75) is 45.3 Å². The first-order valence-electron chi connectivity index (χ1n) is 12.4. The van der Waals surface area contributed by atoms with E-state index < -0.39 is 34.1 Å². The normalized spacial score (nSPS) is 12.5. The third-order valence-corrected chi connectivity index (χ3v) is 7.71. The SMILES string of the molecule is CC(C)(C)NC(=O)[C@@H](Cc1ccccc1)N(Cc1cccc(Cl)c1)C(=O)CN(c1ccc(Br)cc1)S(C)(=O)=O. The second-order valence-corrected chi connectivity index (χ2v) is 13.6. The molecule has 2 amide bonds. The van der Waals surface area contributed by atoms with Gasteiger partial charge in [-0.1, -0.05) is 70.0 Å². The zero-order valence-corrected chi connectivity index (χ0v) is 25.6. The van der Waals surface area contributed by atoms with E-state index in [9.17, 15) is 18.0 Å². The Morgan fingerprint density at radius 3 is 2.13 bits per heavy atom. The molecule has 0 bridgehead atoms. The molecule has 39 heavy (non-hydrogen) atoms. The highest BCUT2D eigenvalue weighted by atomic mass is 79.9. The molecular formula is C29H33BrClN3O4S. The molecule has 0 saturated carbocycles. The molecule has 0 fully saturated rings. The van der Waals surface area contributed by atoms with E-state index in [1.807, 2.05) is 57.2 Å². The van der Waals surface area contributed by atoms with Crippen LogP contribution in [0, 0.1) is 0 Å². The molecule has 0 aliphatic carbocycles. The zero-order chi connectivity index (χ0) is 28.8. The Bertz CT molecular complexity index is 1390.